The number of rotatable bonds is 4. The van der Waals surface area contributed by atoms with Gasteiger partial charge < -0.3 is 4.74 Å². The van der Waals surface area contributed by atoms with Crippen LogP contribution in [0.5, 0.6) is 5.75 Å². The highest BCUT2D eigenvalue weighted by Gasteiger charge is 2.14. The molecule has 2 aromatic rings. The van der Waals surface area contributed by atoms with Gasteiger partial charge in [0.05, 0.1) is 0 Å². The van der Waals surface area contributed by atoms with E-state index in [0.29, 0.717) is 0 Å². The average molecular weight is 280 g/mol. The number of benzene rings is 2. The van der Waals surface area contributed by atoms with Crippen LogP contribution in [-0.4, -0.2) is 12.4 Å². The van der Waals surface area contributed by atoms with Crippen molar-refractivity contribution in [1.82, 2.24) is 0 Å². The van der Waals surface area contributed by atoms with Gasteiger partial charge in [-0.05, 0) is 73.6 Å². The van der Waals surface area contributed by atoms with E-state index in [1.54, 1.807) is 0 Å². The standard InChI is InChI=1S/C19H20O2/c1-13-6-9-18(10-14(13)2)21-12-19(20)17-8-7-15-4-3-5-16(15)11-17/h6-11H,3-5,12H2,1-2H3. The SMILES string of the molecule is Cc1ccc(OCC(=O)c2ccc3c(c2)CCC3)cc1C. The minimum Gasteiger partial charge on any atom is -0.485 e. The lowest BCUT2D eigenvalue weighted by atomic mass is 10.0. The molecule has 2 heteroatoms. The van der Waals surface area contributed by atoms with Gasteiger partial charge in [-0.1, -0.05) is 18.2 Å². The normalized spacial score (nSPS) is 13.0. The van der Waals surface area contributed by atoms with Crippen LogP contribution in [0.15, 0.2) is 36.4 Å². The van der Waals surface area contributed by atoms with Crippen LogP contribution in [0.1, 0.15) is 39.0 Å². The molecule has 21 heavy (non-hydrogen) atoms. The van der Waals surface area contributed by atoms with Crippen LogP contribution in [0.2, 0.25) is 0 Å². The van der Waals surface area contributed by atoms with E-state index in [1.165, 1.54) is 28.7 Å². The fourth-order valence-corrected chi connectivity index (χ4v) is 2.78. The van der Waals surface area contributed by atoms with Crippen LogP contribution in [0.3, 0.4) is 0 Å². The lowest BCUT2D eigenvalue weighted by molar-refractivity contribution is 0.0921. The molecule has 0 radical (unpaired) electrons. The van der Waals surface area contributed by atoms with Crippen LogP contribution >= 0.6 is 0 Å². The van der Waals surface area contributed by atoms with Crippen LogP contribution in [0.25, 0.3) is 0 Å². The van der Waals surface area contributed by atoms with Gasteiger partial charge in [0.25, 0.3) is 0 Å². The predicted octanol–water partition coefficient (Wildman–Crippen LogP) is 4.05. The third-order valence-corrected chi connectivity index (χ3v) is 4.27. The molecule has 2 aromatic carbocycles. The highest BCUT2D eigenvalue weighted by atomic mass is 16.5. The summed E-state index contributed by atoms with van der Waals surface area (Å²) in [6.07, 6.45) is 3.43. The van der Waals surface area contributed by atoms with Gasteiger partial charge in [-0.25, -0.2) is 0 Å². The molecular weight excluding hydrogens is 260 g/mol. The monoisotopic (exact) mass is 280 g/mol. The van der Waals surface area contributed by atoms with E-state index >= 15 is 0 Å². The van der Waals surface area contributed by atoms with Crippen molar-refractivity contribution in [3.63, 3.8) is 0 Å². The second kappa shape index (κ2) is 5.72. The summed E-state index contributed by atoms with van der Waals surface area (Å²) < 4.78 is 5.63. The molecule has 108 valence electrons. The number of carbonyl (C=O) groups is 1. The van der Waals surface area contributed by atoms with Gasteiger partial charge in [0.15, 0.2) is 12.4 Å². The topological polar surface area (TPSA) is 26.3 Å². The largest absolute Gasteiger partial charge is 0.485 e. The van der Waals surface area contributed by atoms with Crippen LogP contribution in [0, 0.1) is 13.8 Å². The molecule has 2 nitrogen and oxygen atoms in total. The van der Waals surface area contributed by atoms with Crippen molar-refractivity contribution < 1.29 is 9.53 Å². The minimum absolute atomic E-state index is 0.0444. The lowest BCUT2D eigenvalue weighted by Crippen LogP contribution is -2.12. The Bertz CT molecular complexity index is 686. The maximum atomic E-state index is 12.2. The Morgan fingerprint density at radius 1 is 1.00 bits per heavy atom. The van der Waals surface area contributed by atoms with E-state index in [9.17, 15) is 4.79 Å². The van der Waals surface area contributed by atoms with Gasteiger partial charge in [-0.3, -0.25) is 4.79 Å². The Kier molecular flexibility index (Phi) is 3.78. The Balaban J connectivity index is 1.67. The Labute approximate surface area is 125 Å². The Morgan fingerprint density at radius 3 is 2.62 bits per heavy atom. The number of carbonyl (C=O) groups excluding carboxylic acids is 1. The highest BCUT2D eigenvalue weighted by Crippen LogP contribution is 2.23. The minimum atomic E-state index is 0.0444. The number of ketones is 1. The van der Waals surface area contributed by atoms with Crippen molar-refractivity contribution in [3.05, 3.63) is 64.2 Å². The summed E-state index contributed by atoms with van der Waals surface area (Å²) in [5.74, 6) is 0.801. The van der Waals surface area contributed by atoms with E-state index in [0.717, 1.165) is 24.2 Å². The van der Waals surface area contributed by atoms with E-state index < -0.39 is 0 Å². The van der Waals surface area contributed by atoms with E-state index in [2.05, 4.69) is 13.0 Å². The molecule has 0 N–H and O–H groups in total. The molecule has 0 aliphatic heterocycles. The first-order valence-corrected chi connectivity index (χ1v) is 7.48. The number of hydrogen-bond donors (Lipinski definition) is 0. The summed E-state index contributed by atoms with van der Waals surface area (Å²) in [5.41, 5.74) is 5.89. The van der Waals surface area contributed by atoms with Crippen molar-refractivity contribution in [2.75, 3.05) is 6.61 Å². The highest BCUT2D eigenvalue weighted by molar-refractivity contribution is 5.97. The van der Waals surface area contributed by atoms with Crippen LogP contribution in [0.4, 0.5) is 0 Å². The fraction of sp³-hybridized carbons (Fsp3) is 0.316. The van der Waals surface area contributed by atoms with Crippen molar-refractivity contribution >= 4 is 5.78 Å². The summed E-state index contributed by atoms with van der Waals surface area (Å²) in [6, 6.07) is 12.0. The quantitative estimate of drug-likeness (QED) is 0.790. The first kappa shape index (κ1) is 13.9. The summed E-state index contributed by atoms with van der Waals surface area (Å²) in [7, 11) is 0. The van der Waals surface area contributed by atoms with E-state index in [-0.39, 0.29) is 12.4 Å². The molecule has 1 aliphatic carbocycles. The number of fused-ring (bicyclic) bond motifs is 1. The molecule has 0 unspecified atom stereocenters. The van der Waals surface area contributed by atoms with Crippen molar-refractivity contribution in [2.45, 2.75) is 33.1 Å². The predicted molar refractivity (Wildman–Crippen MR) is 84.2 cm³/mol. The molecular formula is C19H20O2. The molecule has 1 aliphatic rings. The molecule has 0 aromatic heterocycles. The number of Topliss-reactive ketones (excluding diaryl/α,β-unsaturated/α-hetero) is 1. The fourth-order valence-electron chi connectivity index (χ4n) is 2.78. The maximum absolute atomic E-state index is 12.2. The first-order valence-electron chi connectivity index (χ1n) is 7.48. The summed E-state index contributed by atoms with van der Waals surface area (Å²) in [5, 5.41) is 0. The third-order valence-electron chi connectivity index (χ3n) is 4.27. The second-order valence-corrected chi connectivity index (χ2v) is 5.79. The lowest BCUT2D eigenvalue weighted by Gasteiger charge is -2.08. The molecule has 0 amide bonds. The molecule has 0 bridgehead atoms. The molecule has 3 rings (SSSR count). The zero-order valence-corrected chi connectivity index (χ0v) is 12.6. The first-order chi connectivity index (χ1) is 10.1. The molecule has 0 atom stereocenters. The van der Waals surface area contributed by atoms with Gasteiger partial charge in [-0.2, -0.15) is 0 Å². The maximum Gasteiger partial charge on any atom is 0.200 e. The van der Waals surface area contributed by atoms with Gasteiger partial charge in [0.1, 0.15) is 5.75 Å². The summed E-state index contributed by atoms with van der Waals surface area (Å²) in [6.45, 7) is 4.21. The molecule has 0 saturated carbocycles. The number of hydrogen-bond acceptors (Lipinski definition) is 2. The van der Waals surface area contributed by atoms with Gasteiger partial charge in [-0.15, -0.1) is 0 Å². The molecule has 0 fully saturated rings. The van der Waals surface area contributed by atoms with E-state index in [4.69, 9.17) is 4.74 Å². The second-order valence-electron chi connectivity index (χ2n) is 5.79. The van der Waals surface area contributed by atoms with Crippen LogP contribution < -0.4 is 4.74 Å². The third kappa shape index (κ3) is 2.99. The number of ether oxygens (including phenoxy) is 1. The molecule has 0 saturated heterocycles. The molecule has 0 heterocycles. The summed E-state index contributed by atoms with van der Waals surface area (Å²) >= 11 is 0. The van der Waals surface area contributed by atoms with Crippen molar-refractivity contribution in [1.29, 1.82) is 0 Å². The smallest absolute Gasteiger partial charge is 0.200 e. The van der Waals surface area contributed by atoms with Crippen molar-refractivity contribution in [2.24, 2.45) is 0 Å². The molecule has 0 spiro atoms. The van der Waals surface area contributed by atoms with Gasteiger partial charge in [0, 0.05) is 5.56 Å². The van der Waals surface area contributed by atoms with Gasteiger partial charge in [0.2, 0.25) is 0 Å². The Morgan fingerprint density at radius 2 is 1.81 bits per heavy atom. The zero-order valence-electron chi connectivity index (χ0n) is 12.6. The zero-order chi connectivity index (χ0) is 14.8. The van der Waals surface area contributed by atoms with Crippen molar-refractivity contribution in [3.8, 4) is 5.75 Å². The number of aryl methyl sites for hydroxylation is 4. The van der Waals surface area contributed by atoms with Crippen LogP contribution in [-0.2, 0) is 12.8 Å². The average Bonchev–Trinajstić information content (AvgIpc) is 2.95. The Hall–Kier alpha value is -2.09. The summed E-state index contributed by atoms with van der Waals surface area (Å²) in [4.78, 5) is 12.2. The van der Waals surface area contributed by atoms with E-state index in [1.807, 2.05) is 37.3 Å². The van der Waals surface area contributed by atoms with Gasteiger partial charge >= 0.3 is 0 Å².